The van der Waals surface area contributed by atoms with Crippen molar-refractivity contribution in [2.24, 2.45) is 0 Å². The number of rotatable bonds is 3. The fourth-order valence-corrected chi connectivity index (χ4v) is 3.22. The van der Waals surface area contributed by atoms with Crippen molar-refractivity contribution in [3.05, 3.63) is 89.2 Å². The van der Waals surface area contributed by atoms with Crippen LogP contribution in [0.1, 0.15) is 27.0 Å². The molecule has 0 fully saturated rings. The van der Waals surface area contributed by atoms with Gasteiger partial charge in [-0.05, 0) is 59.7 Å². The summed E-state index contributed by atoms with van der Waals surface area (Å²) in [5.74, 6) is -0.245. The van der Waals surface area contributed by atoms with Crippen molar-refractivity contribution in [3.8, 4) is 0 Å². The number of halogens is 3. The van der Waals surface area contributed by atoms with Gasteiger partial charge >= 0.3 is 6.18 Å². The van der Waals surface area contributed by atoms with Crippen molar-refractivity contribution < 1.29 is 18.0 Å². The van der Waals surface area contributed by atoms with E-state index in [4.69, 9.17) is 0 Å². The predicted molar refractivity (Wildman–Crippen MR) is 100.0 cm³/mol. The van der Waals surface area contributed by atoms with Crippen molar-refractivity contribution >= 4 is 17.3 Å². The normalized spacial score (nSPS) is 13.3. The molecule has 4 nitrogen and oxygen atoms in total. The molecule has 0 atom stereocenters. The highest BCUT2D eigenvalue weighted by Gasteiger charge is 2.30. The first-order chi connectivity index (χ1) is 13.4. The molecule has 2 heterocycles. The van der Waals surface area contributed by atoms with Gasteiger partial charge in [0.1, 0.15) is 0 Å². The molecule has 0 radical (unpaired) electrons. The van der Waals surface area contributed by atoms with Gasteiger partial charge in [0.2, 0.25) is 0 Å². The smallest absolute Gasteiger partial charge is 0.363 e. The van der Waals surface area contributed by atoms with Crippen molar-refractivity contribution in [2.45, 2.75) is 19.3 Å². The highest BCUT2D eigenvalue weighted by atomic mass is 19.4. The number of anilines is 2. The second-order valence-corrected chi connectivity index (χ2v) is 6.58. The Bertz CT molecular complexity index is 1000. The van der Waals surface area contributed by atoms with Crippen LogP contribution in [0.15, 0.2) is 67.0 Å². The molecule has 142 valence electrons. The standard InChI is InChI=1S/C21H16F3N3O/c22-21(23,24)17-4-7-19(8-5-17)27-12-15-3-6-18(10-16(15)13-27)26-20(28)14-2-1-9-25-11-14/h1-11H,12-13H2,(H,26,28). The third-order valence-electron chi connectivity index (χ3n) is 4.67. The minimum absolute atomic E-state index is 0.245. The number of nitrogens with one attached hydrogen (secondary N) is 1. The van der Waals surface area contributed by atoms with Gasteiger partial charge < -0.3 is 10.2 Å². The summed E-state index contributed by atoms with van der Waals surface area (Å²) in [6, 6.07) is 14.2. The summed E-state index contributed by atoms with van der Waals surface area (Å²) >= 11 is 0. The van der Waals surface area contributed by atoms with Gasteiger partial charge in [0.15, 0.2) is 0 Å². The number of benzene rings is 2. The van der Waals surface area contributed by atoms with Gasteiger partial charge in [0.25, 0.3) is 5.91 Å². The lowest BCUT2D eigenvalue weighted by Gasteiger charge is -2.18. The maximum atomic E-state index is 12.7. The fourth-order valence-electron chi connectivity index (χ4n) is 3.22. The van der Waals surface area contributed by atoms with Crippen LogP contribution in [0.2, 0.25) is 0 Å². The molecule has 1 amide bonds. The van der Waals surface area contributed by atoms with Crippen LogP contribution in [0.25, 0.3) is 0 Å². The molecule has 0 aliphatic carbocycles. The van der Waals surface area contributed by atoms with Crippen LogP contribution < -0.4 is 10.2 Å². The molecular formula is C21H16F3N3O. The first-order valence-corrected chi connectivity index (χ1v) is 8.65. The number of carbonyl (C=O) groups excluding carboxylic acids is 1. The van der Waals surface area contributed by atoms with Crippen LogP contribution in [-0.2, 0) is 19.3 Å². The maximum Gasteiger partial charge on any atom is 0.416 e. The Morgan fingerprint density at radius 2 is 1.75 bits per heavy atom. The number of pyridine rings is 1. The highest BCUT2D eigenvalue weighted by Crippen LogP contribution is 2.33. The molecule has 0 unspecified atom stereocenters. The van der Waals surface area contributed by atoms with E-state index in [1.165, 1.54) is 18.3 Å². The number of nitrogens with zero attached hydrogens (tertiary/aromatic N) is 2. The van der Waals surface area contributed by atoms with E-state index in [0.29, 0.717) is 24.3 Å². The summed E-state index contributed by atoms with van der Waals surface area (Å²) in [6.45, 7) is 1.18. The van der Waals surface area contributed by atoms with Crippen LogP contribution in [0.3, 0.4) is 0 Å². The van der Waals surface area contributed by atoms with Crippen LogP contribution in [0.5, 0.6) is 0 Å². The fraction of sp³-hybridized carbons (Fsp3) is 0.143. The molecule has 0 saturated carbocycles. The van der Waals surface area contributed by atoms with Crippen molar-refractivity contribution in [1.82, 2.24) is 4.98 Å². The molecule has 0 bridgehead atoms. The number of amides is 1. The van der Waals surface area contributed by atoms with E-state index in [2.05, 4.69) is 10.3 Å². The predicted octanol–water partition coefficient (Wildman–Crippen LogP) is 4.87. The van der Waals surface area contributed by atoms with Gasteiger partial charge in [-0.15, -0.1) is 0 Å². The lowest BCUT2D eigenvalue weighted by atomic mass is 10.1. The van der Waals surface area contributed by atoms with Gasteiger partial charge in [-0.25, -0.2) is 0 Å². The summed E-state index contributed by atoms with van der Waals surface area (Å²) in [5, 5.41) is 2.84. The largest absolute Gasteiger partial charge is 0.416 e. The third-order valence-corrected chi connectivity index (χ3v) is 4.67. The topological polar surface area (TPSA) is 45.2 Å². The van der Waals surface area contributed by atoms with Crippen LogP contribution in [-0.4, -0.2) is 10.9 Å². The molecule has 0 saturated heterocycles. The Labute approximate surface area is 159 Å². The molecular weight excluding hydrogens is 367 g/mol. The number of hydrogen-bond donors (Lipinski definition) is 1. The summed E-state index contributed by atoms with van der Waals surface area (Å²) in [7, 11) is 0. The monoisotopic (exact) mass is 383 g/mol. The first-order valence-electron chi connectivity index (χ1n) is 8.65. The van der Waals surface area contributed by atoms with Crippen molar-refractivity contribution in [3.63, 3.8) is 0 Å². The minimum Gasteiger partial charge on any atom is -0.363 e. The molecule has 28 heavy (non-hydrogen) atoms. The Balaban J connectivity index is 1.47. The second kappa shape index (κ2) is 6.99. The molecule has 1 aromatic heterocycles. The van der Waals surface area contributed by atoms with Gasteiger partial charge in [-0.2, -0.15) is 13.2 Å². The van der Waals surface area contributed by atoms with Crippen LogP contribution in [0.4, 0.5) is 24.5 Å². The second-order valence-electron chi connectivity index (χ2n) is 6.58. The number of aromatic nitrogens is 1. The molecule has 4 rings (SSSR count). The third kappa shape index (κ3) is 3.69. The molecule has 0 spiro atoms. The lowest BCUT2D eigenvalue weighted by Crippen LogP contribution is -2.15. The zero-order valence-corrected chi connectivity index (χ0v) is 14.7. The van der Waals surface area contributed by atoms with E-state index in [1.54, 1.807) is 18.3 Å². The highest BCUT2D eigenvalue weighted by molar-refractivity contribution is 6.04. The molecule has 1 N–H and O–H groups in total. The van der Waals surface area contributed by atoms with Gasteiger partial charge in [0.05, 0.1) is 11.1 Å². The summed E-state index contributed by atoms with van der Waals surface area (Å²) < 4.78 is 38.2. The van der Waals surface area contributed by atoms with Crippen molar-refractivity contribution in [1.29, 1.82) is 0 Å². The van der Waals surface area contributed by atoms with E-state index in [9.17, 15) is 18.0 Å². The summed E-state index contributed by atoms with van der Waals surface area (Å²) in [6.07, 6.45) is -1.25. The summed E-state index contributed by atoms with van der Waals surface area (Å²) in [5.41, 5.74) is 3.32. The maximum absolute atomic E-state index is 12.7. The average molecular weight is 383 g/mol. The average Bonchev–Trinajstić information content (AvgIpc) is 3.11. The van der Waals surface area contributed by atoms with Gasteiger partial charge in [-0.3, -0.25) is 9.78 Å². The minimum atomic E-state index is -4.34. The molecule has 3 aromatic rings. The van der Waals surface area contributed by atoms with E-state index < -0.39 is 11.7 Å². The molecule has 1 aliphatic rings. The summed E-state index contributed by atoms with van der Waals surface area (Å²) in [4.78, 5) is 18.2. The molecule has 1 aliphatic heterocycles. The van der Waals surface area contributed by atoms with Gasteiger partial charge in [-0.1, -0.05) is 6.07 Å². The van der Waals surface area contributed by atoms with E-state index >= 15 is 0 Å². The Morgan fingerprint density at radius 1 is 1.00 bits per heavy atom. The van der Waals surface area contributed by atoms with E-state index in [-0.39, 0.29) is 5.91 Å². The number of hydrogen-bond acceptors (Lipinski definition) is 3. The SMILES string of the molecule is O=C(Nc1ccc2c(c1)CN(c1ccc(C(F)(F)F)cc1)C2)c1cccnc1. The molecule has 7 heteroatoms. The number of fused-ring (bicyclic) bond motifs is 1. The van der Waals surface area contributed by atoms with Crippen LogP contribution >= 0.6 is 0 Å². The quantitative estimate of drug-likeness (QED) is 0.702. The van der Waals surface area contributed by atoms with E-state index in [1.807, 2.05) is 23.1 Å². The number of carbonyl (C=O) groups is 1. The Kier molecular flexibility index (Phi) is 4.50. The zero-order valence-electron chi connectivity index (χ0n) is 14.7. The Hall–Kier alpha value is -3.35. The Morgan fingerprint density at radius 3 is 2.43 bits per heavy atom. The lowest BCUT2D eigenvalue weighted by molar-refractivity contribution is -0.137. The molecule has 2 aromatic carbocycles. The first kappa shape index (κ1) is 18.0. The van der Waals surface area contributed by atoms with Crippen molar-refractivity contribution in [2.75, 3.05) is 10.2 Å². The van der Waals surface area contributed by atoms with E-state index in [0.717, 1.165) is 28.9 Å². The van der Waals surface area contributed by atoms with Gasteiger partial charge in [0, 0.05) is 36.9 Å². The van der Waals surface area contributed by atoms with Crippen LogP contribution in [0, 0.1) is 0 Å². The zero-order chi connectivity index (χ0) is 19.7. The number of alkyl halides is 3.